The molecular weight excluding hydrogens is 230 g/mol. The molecule has 0 aliphatic heterocycles. The van der Waals surface area contributed by atoms with Crippen LogP contribution >= 0.6 is 11.8 Å². The third-order valence-electron chi connectivity index (χ3n) is 2.60. The molecule has 1 aromatic rings. The predicted octanol–water partition coefficient (Wildman–Crippen LogP) is 3.78. The van der Waals surface area contributed by atoms with Gasteiger partial charge in [0, 0.05) is 12.6 Å². The molecule has 0 aliphatic carbocycles. The normalized spacial score (nSPS) is 11.2. The van der Waals surface area contributed by atoms with Gasteiger partial charge in [-0.15, -0.1) is 11.8 Å². The number of anilines is 1. The van der Waals surface area contributed by atoms with Gasteiger partial charge >= 0.3 is 0 Å². The van der Waals surface area contributed by atoms with Gasteiger partial charge in [-0.3, -0.25) is 0 Å². The number of hydrogen-bond donors (Lipinski definition) is 1. The lowest BCUT2D eigenvalue weighted by Crippen LogP contribution is -2.04. The molecule has 0 bridgehead atoms. The number of hydrogen-bond acceptors (Lipinski definition) is 4. The maximum absolute atomic E-state index is 4.42. The van der Waals surface area contributed by atoms with Crippen molar-refractivity contribution >= 4 is 17.6 Å². The summed E-state index contributed by atoms with van der Waals surface area (Å²) in [5.41, 5.74) is 1.24. The summed E-state index contributed by atoms with van der Waals surface area (Å²) in [6.45, 7) is 8.88. The van der Waals surface area contributed by atoms with Gasteiger partial charge in [-0.05, 0) is 24.0 Å². The van der Waals surface area contributed by atoms with Crippen molar-refractivity contribution < 1.29 is 0 Å². The lowest BCUT2D eigenvalue weighted by molar-refractivity contribution is 0.631. The van der Waals surface area contributed by atoms with Gasteiger partial charge in [-0.25, -0.2) is 9.97 Å². The van der Waals surface area contributed by atoms with E-state index in [1.807, 2.05) is 18.8 Å². The van der Waals surface area contributed by atoms with Crippen LogP contribution < -0.4 is 5.32 Å². The number of nitrogens with zero attached hydrogens (tertiary/aromatic N) is 2. The Kier molecular flexibility index (Phi) is 5.75. The molecule has 0 saturated heterocycles. The molecule has 1 rings (SSSR count). The monoisotopic (exact) mass is 253 g/mol. The lowest BCUT2D eigenvalue weighted by Gasteiger charge is -2.15. The second-order valence-electron chi connectivity index (χ2n) is 4.88. The first kappa shape index (κ1) is 14.3. The van der Waals surface area contributed by atoms with Crippen molar-refractivity contribution in [1.82, 2.24) is 9.97 Å². The Morgan fingerprint density at radius 3 is 2.47 bits per heavy atom. The zero-order chi connectivity index (χ0) is 12.8. The first-order valence-corrected chi connectivity index (χ1v) is 7.20. The highest BCUT2D eigenvalue weighted by Gasteiger charge is 2.14. The van der Waals surface area contributed by atoms with Crippen molar-refractivity contribution in [1.29, 1.82) is 0 Å². The van der Waals surface area contributed by atoms with Crippen LogP contribution in [0.4, 0.5) is 5.82 Å². The lowest BCUT2D eigenvalue weighted by atomic mass is 10.1. The van der Waals surface area contributed by atoms with E-state index in [4.69, 9.17) is 0 Å². The second kappa shape index (κ2) is 6.84. The van der Waals surface area contributed by atoms with E-state index in [1.165, 1.54) is 12.0 Å². The molecule has 3 nitrogen and oxygen atoms in total. The summed E-state index contributed by atoms with van der Waals surface area (Å²) in [6, 6.07) is 0. The van der Waals surface area contributed by atoms with E-state index in [0.29, 0.717) is 5.92 Å². The van der Waals surface area contributed by atoms with E-state index in [9.17, 15) is 0 Å². The SMILES string of the molecule is CNc1ncnc(SCCC(C)C)c1C(C)C. The van der Waals surface area contributed by atoms with Crippen molar-refractivity contribution in [2.75, 3.05) is 18.1 Å². The largest absolute Gasteiger partial charge is 0.373 e. The quantitative estimate of drug-likeness (QED) is 0.618. The molecule has 0 atom stereocenters. The van der Waals surface area contributed by atoms with Crippen molar-refractivity contribution in [3.63, 3.8) is 0 Å². The standard InChI is InChI=1S/C13H23N3S/c1-9(2)6-7-17-13-11(10(3)4)12(14-5)15-8-16-13/h8-10H,6-7H2,1-5H3,(H,14,15,16). The van der Waals surface area contributed by atoms with Crippen LogP contribution in [0.25, 0.3) is 0 Å². The third kappa shape index (κ3) is 4.19. The maximum Gasteiger partial charge on any atom is 0.133 e. The molecule has 0 spiro atoms. The van der Waals surface area contributed by atoms with Crippen LogP contribution in [0.2, 0.25) is 0 Å². The maximum atomic E-state index is 4.42. The second-order valence-corrected chi connectivity index (χ2v) is 5.96. The Labute approximate surface area is 109 Å². The minimum absolute atomic E-state index is 0.445. The first-order chi connectivity index (χ1) is 8.06. The smallest absolute Gasteiger partial charge is 0.133 e. The Hall–Kier alpha value is -0.770. The van der Waals surface area contributed by atoms with Gasteiger partial charge in [0.1, 0.15) is 17.2 Å². The molecule has 0 fully saturated rings. The summed E-state index contributed by atoms with van der Waals surface area (Å²) in [5, 5.41) is 4.28. The van der Waals surface area contributed by atoms with Crippen molar-refractivity contribution in [2.45, 2.75) is 45.1 Å². The fraction of sp³-hybridized carbons (Fsp3) is 0.692. The van der Waals surface area contributed by atoms with E-state index in [-0.39, 0.29) is 0 Å². The fourth-order valence-electron chi connectivity index (χ4n) is 1.61. The van der Waals surface area contributed by atoms with E-state index in [0.717, 1.165) is 22.5 Å². The molecule has 0 unspecified atom stereocenters. The summed E-state index contributed by atoms with van der Waals surface area (Å²) < 4.78 is 0. The van der Waals surface area contributed by atoms with Gasteiger partial charge in [0.05, 0.1) is 0 Å². The molecule has 0 amide bonds. The van der Waals surface area contributed by atoms with Crippen LogP contribution in [-0.2, 0) is 0 Å². The van der Waals surface area contributed by atoms with Crippen LogP contribution in [0, 0.1) is 5.92 Å². The molecule has 1 heterocycles. The minimum Gasteiger partial charge on any atom is -0.373 e. The molecule has 0 aromatic carbocycles. The minimum atomic E-state index is 0.445. The van der Waals surface area contributed by atoms with Gasteiger partial charge in [-0.2, -0.15) is 0 Å². The summed E-state index contributed by atoms with van der Waals surface area (Å²) in [7, 11) is 1.91. The summed E-state index contributed by atoms with van der Waals surface area (Å²) >= 11 is 1.84. The topological polar surface area (TPSA) is 37.8 Å². The number of rotatable bonds is 6. The molecule has 96 valence electrons. The highest BCUT2D eigenvalue weighted by Crippen LogP contribution is 2.31. The predicted molar refractivity (Wildman–Crippen MR) is 75.8 cm³/mol. The Morgan fingerprint density at radius 2 is 1.94 bits per heavy atom. The van der Waals surface area contributed by atoms with Crippen molar-refractivity contribution in [2.24, 2.45) is 5.92 Å². The van der Waals surface area contributed by atoms with Crippen molar-refractivity contribution in [3.05, 3.63) is 11.9 Å². The first-order valence-electron chi connectivity index (χ1n) is 6.21. The number of nitrogens with one attached hydrogen (secondary N) is 1. The van der Waals surface area contributed by atoms with Gasteiger partial charge in [-0.1, -0.05) is 27.7 Å². The highest BCUT2D eigenvalue weighted by molar-refractivity contribution is 7.99. The fourth-order valence-corrected chi connectivity index (χ4v) is 3.00. The average molecular weight is 253 g/mol. The van der Waals surface area contributed by atoms with Crippen LogP contribution in [-0.4, -0.2) is 22.8 Å². The molecular formula is C13H23N3S. The van der Waals surface area contributed by atoms with Crippen LogP contribution in [0.15, 0.2) is 11.4 Å². The van der Waals surface area contributed by atoms with E-state index < -0.39 is 0 Å². The third-order valence-corrected chi connectivity index (χ3v) is 3.63. The zero-order valence-electron chi connectivity index (χ0n) is 11.4. The highest BCUT2D eigenvalue weighted by atomic mass is 32.2. The molecule has 0 aliphatic rings. The van der Waals surface area contributed by atoms with Crippen LogP contribution in [0.1, 0.15) is 45.6 Å². The molecule has 17 heavy (non-hydrogen) atoms. The van der Waals surface area contributed by atoms with Gasteiger partial charge in [0.15, 0.2) is 0 Å². The van der Waals surface area contributed by atoms with E-state index in [1.54, 1.807) is 6.33 Å². The van der Waals surface area contributed by atoms with Crippen molar-refractivity contribution in [3.8, 4) is 0 Å². The zero-order valence-corrected chi connectivity index (χ0v) is 12.3. The van der Waals surface area contributed by atoms with E-state index >= 15 is 0 Å². The Bertz CT molecular complexity index is 351. The summed E-state index contributed by atoms with van der Waals surface area (Å²) in [6.07, 6.45) is 2.87. The van der Waals surface area contributed by atoms with Gasteiger partial charge in [0.2, 0.25) is 0 Å². The Morgan fingerprint density at radius 1 is 1.24 bits per heavy atom. The molecule has 1 N–H and O–H groups in total. The van der Waals surface area contributed by atoms with Crippen LogP contribution in [0.3, 0.4) is 0 Å². The summed E-state index contributed by atoms with van der Waals surface area (Å²) in [5.74, 6) is 3.27. The molecule has 0 saturated carbocycles. The average Bonchev–Trinajstić information content (AvgIpc) is 2.27. The Balaban J connectivity index is 2.83. The van der Waals surface area contributed by atoms with Gasteiger partial charge in [0.25, 0.3) is 0 Å². The van der Waals surface area contributed by atoms with E-state index in [2.05, 4.69) is 43.0 Å². The number of thioether (sulfide) groups is 1. The summed E-state index contributed by atoms with van der Waals surface area (Å²) in [4.78, 5) is 8.70. The molecule has 1 aromatic heterocycles. The molecule has 0 radical (unpaired) electrons. The van der Waals surface area contributed by atoms with Crippen LogP contribution in [0.5, 0.6) is 0 Å². The molecule has 4 heteroatoms. The van der Waals surface area contributed by atoms with Gasteiger partial charge < -0.3 is 5.32 Å². The number of aromatic nitrogens is 2.